The number of diazo groups is 1. The molecule has 0 unspecified atom stereocenters. The summed E-state index contributed by atoms with van der Waals surface area (Å²) in [4.78, 5) is 10.3. The molecule has 0 saturated heterocycles. The highest BCUT2D eigenvalue weighted by molar-refractivity contribution is 5.71. The van der Waals surface area contributed by atoms with Crippen LogP contribution >= 0.6 is 0 Å². The molecule has 0 aliphatic rings. The minimum absolute atomic E-state index is 0.0929. The van der Waals surface area contributed by atoms with Gasteiger partial charge in [0.15, 0.2) is 6.54 Å². The first-order chi connectivity index (χ1) is 4.31. The third-order valence-electron chi connectivity index (χ3n) is 0.599. The average Bonchev–Trinajstić information content (AvgIpc) is 1.85. The van der Waals surface area contributed by atoms with Gasteiger partial charge in [0.25, 0.3) is 5.39 Å². The van der Waals surface area contributed by atoms with Crippen molar-refractivity contribution >= 4 is 5.97 Å². The SMILES string of the molecule is CCOC(=O)CN[N+]#N. The van der Waals surface area contributed by atoms with Crippen LogP contribution in [0.25, 0.3) is 5.08 Å². The minimum Gasteiger partial charge on any atom is -0.464 e. The third kappa shape index (κ3) is 4.55. The van der Waals surface area contributed by atoms with Gasteiger partial charge in [0.05, 0.1) is 6.61 Å². The molecule has 5 heteroatoms. The second-order valence-electron chi connectivity index (χ2n) is 1.24. The lowest BCUT2D eigenvalue weighted by molar-refractivity contribution is -0.141. The lowest BCUT2D eigenvalue weighted by Gasteiger charge is -1.93. The van der Waals surface area contributed by atoms with Crippen LogP contribution in [-0.4, -0.2) is 19.1 Å². The van der Waals surface area contributed by atoms with Crippen LogP contribution < -0.4 is 5.43 Å². The molecule has 50 valence electrons. The van der Waals surface area contributed by atoms with Crippen molar-refractivity contribution in [1.82, 2.24) is 5.43 Å². The molecule has 0 atom stereocenters. The van der Waals surface area contributed by atoms with Gasteiger partial charge in [-0.05, 0) is 12.3 Å². The summed E-state index contributed by atoms with van der Waals surface area (Å²) in [5.41, 5.74) is 2.04. The van der Waals surface area contributed by atoms with E-state index in [1.807, 2.05) is 5.43 Å². The molecule has 0 aliphatic carbocycles. The van der Waals surface area contributed by atoms with Crippen molar-refractivity contribution in [2.45, 2.75) is 6.92 Å². The zero-order valence-corrected chi connectivity index (χ0v) is 5.13. The van der Waals surface area contributed by atoms with Gasteiger partial charge in [0.2, 0.25) is 0 Å². The van der Waals surface area contributed by atoms with Crippen LogP contribution in [0.5, 0.6) is 0 Å². The van der Waals surface area contributed by atoms with E-state index in [9.17, 15) is 4.79 Å². The molecule has 0 saturated carbocycles. The standard InChI is InChI=1S/C4H8N3O2/c1-2-9-4(8)3-6-7-5/h6H,2-3H2,1H3/q+1. The predicted molar refractivity (Wildman–Crippen MR) is 29.7 cm³/mol. The second-order valence-corrected chi connectivity index (χ2v) is 1.24. The van der Waals surface area contributed by atoms with E-state index in [1.54, 1.807) is 6.92 Å². The Morgan fingerprint density at radius 3 is 3.00 bits per heavy atom. The van der Waals surface area contributed by atoms with Crippen molar-refractivity contribution < 1.29 is 9.53 Å². The van der Waals surface area contributed by atoms with Crippen molar-refractivity contribution in [2.24, 2.45) is 0 Å². The molecule has 0 aromatic heterocycles. The van der Waals surface area contributed by atoms with Gasteiger partial charge < -0.3 is 4.74 Å². The van der Waals surface area contributed by atoms with Crippen molar-refractivity contribution in [3.8, 4) is 0 Å². The Hall–Kier alpha value is -1.31. The summed E-state index contributed by atoms with van der Waals surface area (Å²) in [6.45, 7) is 1.95. The van der Waals surface area contributed by atoms with Gasteiger partial charge in [-0.2, -0.15) is 0 Å². The molecule has 0 bridgehead atoms. The Labute approximate surface area is 52.6 Å². The Kier molecular flexibility index (Phi) is 4.14. The topological polar surface area (TPSA) is 66.5 Å². The van der Waals surface area contributed by atoms with Crippen molar-refractivity contribution in [2.75, 3.05) is 13.2 Å². The molecule has 0 fully saturated rings. The van der Waals surface area contributed by atoms with Crippen LogP contribution in [0.3, 0.4) is 0 Å². The molecule has 9 heavy (non-hydrogen) atoms. The third-order valence-corrected chi connectivity index (χ3v) is 0.599. The van der Waals surface area contributed by atoms with Crippen LogP contribution in [0.4, 0.5) is 0 Å². The maximum Gasteiger partial charge on any atom is 0.332 e. The highest BCUT2D eigenvalue weighted by Gasteiger charge is 2.02. The zero-order chi connectivity index (χ0) is 7.11. The van der Waals surface area contributed by atoms with Gasteiger partial charge in [-0.3, -0.25) is 0 Å². The van der Waals surface area contributed by atoms with Gasteiger partial charge >= 0.3 is 11.1 Å². The summed E-state index contributed by atoms with van der Waals surface area (Å²) < 4.78 is 4.47. The molecule has 0 heterocycles. The van der Waals surface area contributed by atoms with E-state index in [0.29, 0.717) is 6.61 Å². The van der Waals surface area contributed by atoms with Crippen LogP contribution in [0.1, 0.15) is 6.92 Å². The predicted octanol–water partition coefficient (Wildman–Crippen LogP) is -0.0928. The monoisotopic (exact) mass is 130 g/mol. The molecular formula is C4H8N3O2+. The summed E-state index contributed by atoms with van der Waals surface area (Å²) >= 11 is 0. The van der Waals surface area contributed by atoms with Crippen LogP contribution in [0.15, 0.2) is 0 Å². The summed E-state index contributed by atoms with van der Waals surface area (Å²) in [5, 5.41) is 10.3. The number of carbonyl (C=O) groups excluding carboxylic acids is 1. The van der Waals surface area contributed by atoms with E-state index in [4.69, 9.17) is 5.39 Å². The fourth-order valence-corrected chi connectivity index (χ4v) is 0.312. The number of hydrogen-bond donors (Lipinski definition) is 1. The van der Waals surface area contributed by atoms with Crippen LogP contribution in [0.2, 0.25) is 0 Å². The number of rotatable bonds is 3. The maximum atomic E-state index is 10.3. The Morgan fingerprint density at radius 2 is 2.56 bits per heavy atom. The second kappa shape index (κ2) is 4.84. The highest BCUT2D eigenvalue weighted by Crippen LogP contribution is 1.73. The number of ether oxygens (including phenoxy) is 1. The first-order valence-electron chi connectivity index (χ1n) is 2.53. The van der Waals surface area contributed by atoms with Gasteiger partial charge in [-0.1, -0.05) is 0 Å². The number of carbonyl (C=O) groups is 1. The van der Waals surface area contributed by atoms with Gasteiger partial charge in [0, 0.05) is 0 Å². The van der Waals surface area contributed by atoms with Crippen LogP contribution in [0, 0.1) is 5.39 Å². The quantitative estimate of drug-likeness (QED) is 0.329. The molecule has 0 radical (unpaired) electrons. The fraction of sp³-hybridized carbons (Fsp3) is 0.750. The van der Waals surface area contributed by atoms with Gasteiger partial charge in [0.1, 0.15) is 0 Å². The first-order valence-corrected chi connectivity index (χ1v) is 2.53. The summed E-state index contributed by atoms with van der Waals surface area (Å²) in [6.07, 6.45) is 0. The first kappa shape index (κ1) is 7.69. The number of hydrogen-bond acceptors (Lipinski definition) is 4. The van der Waals surface area contributed by atoms with E-state index in [-0.39, 0.29) is 6.54 Å². The van der Waals surface area contributed by atoms with E-state index < -0.39 is 5.97 Å². The Balaban J connectivity index is 3.19. The Morgan fingerprint density at radius 1 is 1.89 bits per heavy atom. The molecule has 0 aromatic rings. The van der Waals surface area contributed by atoms with E-state index >= 15 is 0 Å². The number of nitrogens with one attached hydrogen (secondary N) is 1. The summed E-state index contributed by atoms with van der Waals surface area (Å²) in [6, 6.07) is 0. The normalized spacial score (nSPS) is 7.56. The lowest BCUT2D eigenvalue weighted by atomic mass is 10.7. The van der Waals surface area contributed by atoms with Crippen LogP contribution in [-0.2, 0) is 9.53 Å². The fourth-order valence-electron chi connectivity index (χ4n) is 0.312. The summed E-state index contributed by atoms with van der Waals surface area (Å²) in [5.74, 6) is -0.435. The molecule has 0 amide bonds. The number of nitrogens with zero attached hydrogens (tertiary/aromatic N) is 2. The molecular weight excluding hydrogens is 122 g/mol. The minimum atomic E-state index is -0.435. The summed E-state index contributed by atoms with van der Waals surface area (Å²) in [7, 11) is 0. The van der Waals surface area contributed by atoms with E-state index in [2.05, 4.69) is 9.82 Å². The van der Waals surface area contributed by atoms with E-state index in [0.717, 1.165) is 0 Å². The molecule has 0 spiro atoms. The molecule has 0 aromatic carbocycles. The average molecular weight is 130 g/mol. The molecule has 0 rings (SSSR count). The van der Waals surface area contributed by atoms with Gasteiger partial charge in [-0.25, -0.2) is 4.79 Å². The highest BCUT2D eigenvalue weighted by atomic mass is 16.5. The van der Waals surface area contributed by atoms with Gasteiger partial charge in [-0.15, -0.1) is 0 Å². The lowest BCUT2D eigenvalue weighted by Crippen LogP contribution is -2.18. The Bertz CT molecular complexity index is 128. The maximum absolute atomic E-state index is 10.3. The molecule has 1 N–H and O–H groups in total. The zero-order valence-electron chi connectivity index (χ0n) is 5.13. The van der Waals surface area contributed by atoms with Crippen molar-refractivity contribution in [3.05, 3.63) is 5.08 Å². The smallest absolute Gasteiger partial charge is 0.332 e. The largest absolute Gasteiger partial charge is 0.464 e. The van der Waals surface area contributed by atoms with Crippen molar-refractivity contribution in [1.29, 1.82) is 5.39 Å². The number of esters is 1. The molecule has 5 nitrogen and oxygen atoms in total. The van der Waals surface area contributed by atoms with Crippen molar-refractivity contribution in [3.63, 3.8) is 0 Å². The van der Waals surface area contributed by atoms with E-state index in [1.165, 1.54) is 0 Å². The molecule has 0 aliphatic heterocycles.